The molecule has 0 radical (unpaired) electrons. The van der Waals surface area contributed by atoms with Crippen LogP contribution >= 0.6 is 0 Å². The maximum Gasteiger partial charge on any atom is 0.314 e. The SMILES string of the molecule is COc1ccc(CCNC(=O)NCC(CC(C)C)N2CCOCC2)cc1OC. The Balaban J connectivity index is 1.76. The zero-order valence-electron chi connectivity index (χ0n) is 17.6. The second-order valence-corrected chi connectivity index (χ2v) is 7.51. The maximum atomic E-state index is 12.2. The van der Waals surface area contributed by atoms with Gasteiger partial charge in [-0.15, -0.1) is 0 Å². The summed E-state index contributed by atoms with van der Waals surface area (Å²) in [5.74, 6) is 1.99. The van der Waals surface area contributed by atoms with Crippen molar-refractivity contribution in [1.29, 1.82) is 0 Å². The van der Waals surface area contributed by atoms with E-state index < -0.39 is 0 Å². The van der Waals surface area contributed by atoms with Gasteiger partial charge in [-0.05, 0) is 36.5 Å². The highest BCUT2D eigenvalue weighted by Crippen LogP contribution is 2.27. The lowest BCUT2D eigenvalue weighted by Crippen LogP contribution is -2.50. The van der Waals surface area contributed by atoms with Crippen molar-refractivity contribution in [3.05, 3.63) is 23.8 Å². The number of methoxy groups -OCH3 is 2. The number of nitrogens with one attached hydrogen (secondary N) is 2. The lowest BCUT2D eigenvalue weighted by atomic mass is 10.0. The summed E-state index contributed by atoms with van der Waals surface area (Å²) in [6.07, 6.45) is 1.79. The van der Waals surface area contributed by atoms with Gasteiger partial charge in [-0.1, -0.05) is 19.9 Å². The molecule has 1 unspecified atom stereocenters. The standard InChI is InChI=1S/C21H35N3O4/c1-16(2)13-18(24-9-11-28-12-10-24)15-23-21(25)22-8-7-17-5-6-19(26-3)20(14-17)27-4/h5-6,14,16,18H,7-13,15H2,1-4H3,(H2,22,23,25). The van der Waals surface area contributed by atoms with Gasteiger partial charge < -0.3 is 24.8 Å². The van der Waals surface area contributed by atoms with Gasteiger partial charge in [-0.2, -0.15) is 0 Å². The lowest BCUT2D eigenvalue weighted by molar-refractivity contribution is 0.0129. The molecular formula is C21H35N3O4. The molecule has 0 aromatic heterocycles. The molecule has 2 N–H and O–H groups in total. The summed E-state index contributed by atoms with van der Waals surface area (Å²) in [7, 11) is 3.24. The van der Waals surface area contributed by atoms with E-state index in [9.17, 15) is 4.79 Å². The lowest BCUT2D eigenvalue weighted by Gasteiger charge is -2.35. The molecule has 1 heterocycles. The number of hydrogen-bond acceptors (Lipinski definition) is 5. The number of carbonyl (C=O) groups is 1. The van der Waals surface area contributed by atoms with Crippen molar-refractivity contribution in [2.24, 2.45) is 5.92 Å². The van der Waals surface area contributed by atoms with Crippen LogP contribution in [0.5, 0.6) is 11.5 Å². The normalized spacial score (nSPS) is 15.9. The van der Waals surface area contributed by atoms with Gasteiger partial charge in [-0.3, -0.25) is 4.90 Å². The highest BCUT2D eigenvalue weighted by molar-refractivity contribution is 5.73. The van der Waals surface area contributed by atoms with Gasteiger partial charge in [0.2, 0.25) is 0 Å². The highest BCUT2D eigenvalue weighted by atomic mass is 16.5. The van der Waals surface area contributed by atoms with E-state index in [2.05, 4.69) is 29.4 Å². The molecule has 7 nitrogen and oxygen atoms in total. The third-order valence-corrected chi connectivity index (χ3v) is 4.95. The minimum Gasteiger partial charge on any atom is -0.493 e. The van der Waals surface area contributed by atoms with Gasteiger partial charge in [-0.25, -0.2) is 4.79 Å². The summed E-state index contributed by atoms with van der Waals surface area (Å²) in [5, 5.41) is 5.98. The molecule has 1 aromatic rings. The molecule has 1 saturated heterocycles. The average Bonchev–Trinajstić information content (AvgIpc) is 2.71. The smallest absolute Gasteiger partial charge is 0.314 e. The molecule has 0 aliphatic carbocycles. The molecule has 0 bridgehead atoms. The van der Waals surface area contributed by atoms with Gasteiger partial charge in [0.25, 0.3) is 0 Å². The molecule has 0 saturated carbocycles. The first-order chi connectivity index (χ1) is 13.5. The number of benzene rings is 1. The number of ether oxygens (including phenoxy) is 3. The molecule has 2 rings (SSSR count). The number of amides is 2. The van der Waals surface area contributed by atoms with Crippen molar-refractivity contribution in [2.75, 3.05) is 53.6 Å². The fraction of sp³-hybridized carbons (Fsp3) is 0.667. The highest BCUT2D eigenvalue weighted by Gasteiger charge is 2.22. The zero-order valence-corrected chi connectivity index (χ0v) is 17.6. The van der Waals surface area contributed by atoms with Gasteiger partial charge in [0.05, 0.1) is 27.4 Å². The Morgan fingerprint density at radius 2 is 1.86 bits per heavy atom. The summed E-state index contributed by atoms with van der Waals surface area (Å²) in [5.41, 5.74) is 1.09. The molecule has 158 valence electrons. The summed E-state index contributed by atoms with van der Waals surface area (Å²) in [6.45, 7) is 9.06. The Morgan fingerprint density at radius 3 is 2.50 bits per heavy atom. The van der Waals surface area contributed by atoms with Crippen LogP contribution in [0.1, 0.15) is 25.8 Å². The quantitative estimate of drug-likeness (QED) is 0.638. The van der Waals surface area contributed by atoms with Crippen LogP contribution in [0.15, 0.2) is 18.2 Å². The molecule has 7 heteroatoms. The third kappa shape index (κ3) is 7.20. The first-order valence-electron chi connectivity index (χ1n) is 10.1. The fourth-order valence-corrected chi connectivity index (χ4v) is 3.48. The minimum atomic E-state index is -0.123. The predicted octanol–water partition coefficient (Wildman–Crippen LogP) is 2.29. The van der Waals surface area contributed by atoms with Crippen LogP contribution in [-0.2, 0) is 11.2 Å². The minimum absolute atomic E-state index is 0.123. The van der Waals surface area contributed by atoms with Crippen LogP contribution in [0, 0.1) is 5.92 Å². The summed E-state index contributed by atoms with van der Waals surface area (Å²) in [4.78, 5) is 14.6. The molecule has 0 spiro atoms. The molecule has 1 atom stereocenters. The molecule has 1 aliphatic heterocycles. The number of urea groups is 1. The second kappa shape index (κ2) is 11.8. The van der Waals surface area contributed by atoms with Crippen molar-refractivity contribution in [2.45, 2.75) is 32.7 Å². The number of nitrogens with zero attached hydrogens (tertiary/aromatic N) is 1. The average molecular weight is 394 g/mol. The van der Waals surface area contributed by atoms with E-state index in [0.717, 1.165) is 44.7 Å². The Labute approximate surface area is 168 Å². The number of rotatable bonds is 10. The summed E-state index contributed by atoms with van der Waals surface area (Å²) >= 11 is 0. The van der Waals surface area contributed by atoms with Gasteiger partial charge in [0, 0.05) is 32.2 Å². The van der Waals surface area contributed by atoms with Crippen molar-refractivity contribution in [1.82, 2.24) is 15.5 Å². The Bertz CT molecular complexity index is 603. The fourth-order valence-electron chi connectivity index (χ4n) is 3.48. The first-order valence-corrected chi connectivity index (χ1v) is 10.1. The Morgan fingerprint density at radius 1 is 1.14 bits per heavy atom. The number of morpholine rings is 1. The van der Waals surface area contributed by atoms with E-state index in [0.29, 0.717) is 36.5 Å². The van der Waals surface area contributed by atoms with Crippen molar-refractivity contribution < 1.29 is 19.0 Å². The zero-order chi connectivity index (χ0) is 20.4. The summed E-state index contributed by atoms with van der Waals surface area (Å²) in [6, 6.07) is 6.03. The molecule has 1 aromatic carbocycles. The van der Waals surface area contributed by atoms with E-state index >= 15 is 0 Å². The molecule has 2 amide bonds. The van der Waals surface area contributed by atoms with Crippen LogP contribution in [0.3, 0.4) is 0 Å². The third-order valence-electron chi connectivity index (χ3n) is 4.95. The van der Waals surface area contributed by atoms with Crippen LogP contribution in [0.25, 0.3) is 0 Å². The van der Waals surface area contributed by atoms with E-state index in [1.807, 2.05) is 18.2 Å². The van der Waals surface area contributed by atoms with E-state index in [-0.39, 0.29) is 6.03 Å². The van der Waals surface area contributed by atoms with Crippen LogP contribution in [0.4, 0.5) is 4.79 Å². The first kappa shape index (κ1) is 22.3. The summed E-state index contributed by atoms with van der Waals surface area (Å²) < 4.78 is 16.0. The van der Waals surface area contributed by atoms with E-state index in [1.54, 1.807) is 14.2 Å². The molecule has 1 fully saturated rings. The predicted molar refractivity (Wildman–Crippen MR) is 110 cm³/mol. The largest absolute Gasteiger partial charge is 0.493 e. The van der Waals surface area contributed by atoms with Crippen molar-refractivity contribution in [3.63, 3.8) is 0 Å². The Kier molecular flexibility index (Phi) is 9.37. The monoisotopic (exact) mass is 393 g/mol. The van der Waals surface area contributed by atoms with Crippen molar-refractivity contribution >= 4 is 6.03 Å². The molecule has 1 aliphatic rings. The van der Waals surface area contributed by atoms with Gasteiger partial charge >= 0.3 is 6.03 Å². The van der Waals surface area contributed by atoms with Crippen LogP contribution in [-0.4, -0.2) is 70.6 Å². The Hall–Kier alpha value is -1.99. The van der Waals surface area contributed by atoms with Crippen LogP contribution in [0.2, 0.25) is 0 Å². The number of carbonyl (C=O) groups excluding carboxylic acids is 1. The molecular weight excluding hydrogens is 358 g/mol. The maximum absolute atomic E-state index is 12.2. The van der Waals surface area contributed by atoms with E-state index in [4.69, 9.17) is 14.2 Å². The van der Waals surface area contributed by atoms with Gasteiger partial charge in [0.1, 0.15) is 0 Å². The van der Waals surface area contributed by atoms with Crippen molar-refractivity contribution in [3.8, 4) is 11.5 Å². The molecule has 28 heavy (non-hydrogen) atoms. The van der Waals surface area contributed by atoms with E-state index in [1.165, 1.54) is 0 Å². The second-order valence-electron chi connectivity index (χ2n) is 7.51. The topological polar surface area (TPSA) is 72.1 Å². The van der Waals surface area contributed by atoms with Crippen LogP contribution < -0.4 is 20.1 Å². The van der Waals surface area contributed by atoms with Gasteiger partial charge in [0.15, 0.2) is 11.5 Å². The number of hydrogen-bond donors (Lipinski definition) is 2.